The van der Waals surface area contributed by atoms with Crippen LogP contribution in [-0.4, -0.2) is 20.2 Å². The second-order valence-electron chi connectivity index (χ2n) is 2.40. The van der Waals surface area contributed by atoms with Crippen molar-refractivity contribution in [2.75, 3.05) is 5.73 Å². The summed E-state index contributed by atoms with van der Waals surface area (Å²) in [7, 11) is 0. The van der Waals surface area contributed by atoms with Gasteiger partial charge in [-0.2, -0.15) is 4.98 Å². The summed E-state index contributed by atoms with van der Waals surface area (Å²) in [4.78, 5) is 7.96. The fourth-order valence-electron chi connectivity index (χ4n) is 0.905. The second-order valence-corrected chi connectivity index (χ2v) is 2.84. The first kappa shape index (κ1) is 8.00. The van der Waals surface area contributed by atoms with E-state index in [1.54, 1.807) is 12.1 Å². The van der Waals surface area contributed by atoms with Gasteiger partial charge in [0.25, 0.3) is 0 Å². The molecule has 0 fully saturated rings. The van der Waals surface area contributed by atoms with E-state index in [1.807, 2.05) is 0 Å². The average molecular weight is 196 g/mol. The van der Waals surface area contributed by atoms with Crippen molar-refractivity contribution >= 4 is 17.5 Å². The molecule has 5 nitrogen and oxygen atoms in total. The van der Waals surface area contributed by atoms with Crippen molar-refractivity contribution in [3.8, 4) is 11.5 Å². The van der Waals surface area contributed by atoms with E-state index in [0.717, 1.165) is 0 Å². The van der Waals surface area contributed by atoms with E-state index in [-0.39, 0.29) is 5.95 Å². The molecule has 0 aliphatic heterocycles. The standard InChI is InChI=1S/C7H6ClN5/c8-4-1-2-5(10-3-4)6-11-7(9)13-12-6/h1-3H,(H3,9,11,12,13). The van der Waals surface area contributed by atoms with Gasteiger partial charge < -0.3 is 5.73 Å². The van der Waals surface area contributed by atoms with Crippen LogP contribution >= 0.6 is 11.6 Å². The molecule has 2 heterocycles. The lowest BCUT2D eigenvalue weighted by Crippen LogP contribution is -1.86. The van der Waals surface area contributed by atoms with E-state index in [2.05, 4.69) is 20.2 Å². The van der Waals surface area contributed by atoms with Gasteiger partial charge in [0.05, 0.1) is 5.02 Å². The van der Waals surface area contributed by atoms with Gasteiger partial charge in [0, 0.05) is 6.20 Å². The molecule has 3 N–H and O–H groups in total. The normalized spacial score (nSPS) is 10.2. The lowest BCUT2D eigenvalue weighted by atomic mass is 10.3. The van der Waals surface area contributed by atoms with Gasteiger partial charge in [-0.1, -0.05) is 11.6 Å². The van der Waals surface area contributed by atoms with Crippen molar-refractivity contribution in [2.24, 2.45) is 0 Å². The van der Waals surface area contributed by atoms with Crippen molar-refractivity contribution in [1.29, 1.82) is 0 Å². The molecule has 6 heteroatoms. The number of nitrogens with one attached hydrogen (secondary N) is 1. The molecule has 0 aliphatic rings. The zero-order valence-electron chi connectivity index (χ0n) is 6.53. The van der Waals surface area contributed by atoms with E-state index in [9.17, 15) is 0 Å². The fraction of sp³-hybridized carbons (Fsp3) is 0. The van der Waals surface area contributed by atoms with Crippen molar-refractivity contribution in [3.63, 3.8) is 0 Å². The smallest absolute Gasteiger partial charge is 0.239 e. The quantitative estimate of drug-likeness (QED) is 0.714. The van der Waals surface area contributed by atoms with Crippen LogP contribution in [0, 0.1) is 0 Å². The third-order valence-electron chi connectivity index (χ3n) is 1.47. The molecule has 13 heavy (non-hydrogen) atoms. The van der Waals surface area contributed by atoms with E-state index in [4.69, 9.17) is 17.3 Å². The van der Waals surface area contributed by atoms with E-state index < -0.39 is 0 Å². The predicted molar refractivity (Wildman–Crippen MR) is 49.0 cm³/mol. The summed E-state index contributed by atoms with van der Waals surface area (Å²) >= 11 is 5.67. The summed E-state index contributed by atoms with van der Waals surface area (Å²) in [5, 5.41) is 6.91. The lowest BCUT2D eigenvalue weighted by Gasteiger charge is -1.93. The summed E-state index contributed by atoms with van der Waals surface area (Å²) in [5.74, 6) is 0.737. The van der Waals surface area contributed by atoms with Gasteiger partial charge in [0.2, 0.25) is 5.95 Å². The number of aromatic amines is 1. The minimum absolute atomic E-state index is 0.201. The number of halogens is 1. The van der Waals surface area contributed by atoms with Crippen LogP contribution in [0.3, 0.4) is 0 Å². The highest BCUT2D eigenvalue weighted by Crippen LogP contribution is 2.14. The van der Waals surface area contributed by atoms with E-state index >= 15 is 0 Å². The first-order valence-corrected chi connectivity index (χ1v) is 3.93. The number of hydrogen-bond donors (Lipinski definition) is 2. The third-order valence-corrected chi connectivity index (χ3v) is 1.70. The molecule has 2 aromatic heterocycles. The number of nitrogens with two attached hydrogens (primary N) is 1. The number of aromatic nitrogens is 4. The van der Waals surface area contributed by atoms with Gasteiger partial charge in [0.15, 0.2) is 5.82 Å². The van der Waals surface area contributed by atoms with Crippen LogP contribution in [0.1, 0.15) is 0 Å². The summed E-state index contributed by atoms with van der Waals surface area (Å²) in [5.41, 5.74) is 6.00. The molecule has 0 spiro atoms. The zero-order valence-corrected chi connectivity index (χ0v) is 7.28. The number of pyridine rings is 1. The predicted octanol–water partition coefficient (Wildman–Crippen LogP) is 1.10. The van der Waals surface area contributed by atoms with Gasteiger partial charge in [-0.05, 0) is 12.1 Å². The van der Waals surface area contributed by atoms with Crippen LogP contribution in [0.15, 0.2) is 18.3 Å². The Balaban J connectivity index is 2.41. The van der Waals surface area contributed by atoms with Crippen LogP contribution in [0.4, 0.5) is 5.95 Å². The first-order valence-electron chi connectivity index (χ1n) is 3.55. The molecule has 0 radical (unpaired) electrons. The average Bonchev–Trinajstić information content (AvgIpc) is 2.53. The number of nitrogen functional groups attached to an aromatic ring is 1. The van der Waals surface area contributed by atoms with Crippen LogP contribution in [0.2, 0.25) is 5.02 Å². The molecule has 0 bridgehead atoms. The van der Waals surface area contributed by atoms with Gasteiger partial charge in [0.1, 0.15) is 5.69 Å². The Hall–Kier alpha value is -1.62. The Morgan fingerprint density at radius 3 is 2.77 bits per heavy atom. The highest BCUT2D eigenvalue weighted by molar-refractivity contribution is 6.30. The number of hydrogen-bond acceptors (Lipinski definition) is 4. The molecule has 0 aliphatic carbocycles. The Bertz CT molecular complexity index is 407. The Morgan fingerprint density at radius 1 is 1.38 bits per heavy atom. The Kier molecular flexibility index (Phi) is 1.86. The number of nitrogens with zero attached hydrogens (tertiary/aromatic N) is 3. The molecule has 66 valence electrons. The molecule has 0 unspecified atom stereocenters. The van der Waals surface area contributed by atoms with Crippen LogP contribution in [0.5, 0.6) is 0 Å². The summed E-state index contributed by atoms with van der Waals surface area (Å²) in [6.45, 7) is 0. The largest absolute Gasteiger partial charge is 0.366 e. The highest BCUT2D eigenvalue weighted by atomic mass is 35.5. The van der Waals surface area contributed by atoms with Gasteiger partial charge in [-0.3, -0.25) is 10.1 Å². The molecule has 0 atom stereocenters. The zero-order chi connectivity index (χ0) is 9.26. The van der Waals surface area contributed by atoms with Gasteiger partial charge >= 0.3 is 0 Å². The number of rotatable bonds is 1. The second kappa shape index (κ2) is 3.02. The van der Waals surface area contributed by atoms with Gasteiger partial charge in [-0.15, -0.1) is 5.10 Å². The molecular formula is C7H6ClN5. The lowest BCUT2D eigenvalue weighted by molar-refractivity contribution is 1.09. The summed E-state index contributed by atoms with van der Waals surface area (Å²) in [6.07, 6.45) is 1.54. The third kappa shape index (κ3) is 1.59. The SMILES string of the molecule is Nc1n[nH]c(-c2ccc(Cl)cn2)n1. The maximum absolute atomic E-state index is 5.67. The molecule has 0 amide bonds. The monoisotopic (exact) mass is 195 g/mol. The highest BCUT2D eigenvalue weighted by Gasteiger charge is 2.03. The number of H-pyrrole nitrogens is 1. The molecule has 0 aromatic carbocycles. The van der Waals surface area contributed by atoms with Crippen LogP contribution in [0.25, 0.3) is 11.5 Å². The minimum atomic E-state index is 0.201. The van der Waals surface area contributed by atoms with Gasteiger partial charge in [-0.25, -0.2) is 0 Å². The Labute approximate surface area is 79.0 Å². The van der Waals surface area contributed by atoms with Crippen LogP contribution in [-0.2, 0) is 0 Å². The fourth-order valence-corrected chi connectivity index (χ4v) is 1.02. The molecule has 2 rings (SSSR count). The van der Waals surface area contributed by atoms with Crippen LogP contribution < -0.4 is 5.73 Å². The number of anilines is 1. The van der Waals surface area contributed by atoms with E-state index in [1.165, 1.54) is 6.20 Å². The van der Waals surface area contributed by atoms with Crippen molar-refractivity contribution < 1.29 is 0 Å². The summed E-state index contributed by atoms with van der Waals surface area (Å²) in [6, 6.07) is 3.46. The van der Waals surface area contributed by atoms with Crippen molar-refractivity contribution in [3.05, 3.63) is 23.4 Å². The summed E-state index contributed by atoms with van der Waals surface area (Å²) < 4.78 is 0. The topological polar surface area (TPSA) is 80.5 Å². The first-order chi connectivity index (χ1) is 6.25. The molecule has 0 saturated heterocycles. The minimum Gasteiger partial charge on any atom is -0.366 e. The molecule has 0 saturated carbocycles. The molecule has 2 aromatic rings. The molecular weight excluding hydrogens is 190 g/mol. The van der Waals surface area contributed by atoms with E-state index in [0.29, 0.717) is 16.5 Å². The van der Waals surface area contributed by atoms with Crippen molar-refractivity contribution in [2.45, 2.75) is 0 Å². The maximum atomic E-state index is 5.67. The van der Waals surface area contributed by atoms with Crippen molar-refractivity contribution in [1.82, 2.24) is 20.2 Å². The maximum Gasteiger partial charge on any atom is 0.239 e. The Morgan fingerprint density at radius 2 is 2.23 bits per heavy atom.